The molecule has 3 aromatic heterocycles. The van der Waals surface area contributed by atoms with E-state index in [2.05, 4.69) is 15.4 Å². The Kier molecular flexibility index (Phi) is 4.50. The first-order valence-electron chi connectivity index (χ1n) is 8.35. The maximum Gasteiger partial charge on any atom is 0.433 e. The lowest BCUT2D eigenvalue weighted by molar-refractivity contribution is -0.142. The van der Waals surface area contributed by atoms with Gasteiger partial charge in [-0.25, -0.2) is 9.50 Å². The number of amides is 1. The van der Waals surface area contributed by atoms with Crippen molar-refractivity contribution in [1.82, 2.24) is 14.6 Å². The van der Waals surface area contributed by atoms with Gasteiger partial charge in [0.2, 0.25) is 0 Å². The van der Waals surface area contributed by atoms with E-state index in [4.69, 9.17) is 0 Å². The highest BCUT2D eigenvalue weighted by Gasteiger charge is 2.36. The number of aromatic hydroxyl groups is 1. The lowest BCUT2D eigenvalue weighted by Gasteiger charge is -2.11. The Morgan fingerprint density at radius 3 is 2.72 bits per heavy atom. The van der Waals surface area contributed by atoms with E-state index in [9.17, 15) is 23.1 Å². The van der Waals surface area contributed by atoms with Crippen LogP contribution < -0.4 is 5.32 Å². The molecule has 3 heterocycles. The van der Waals surface area contributed by atoms with Crippen LogP contribution >= 0.6 is 11.3 Å². The molecule has 2 N–H and O–H groups in total. The average Bonchev–Trinajstić information content (AvgIpc) is 3.32. The zero-order valence-corrected chi connectivity index (χ0v) is 15.7. The van der Waals surface area contributed by atoms with Gasteiger partial charge in [-0.05, 0) is 42.1 Å². The number of hydrogen-bond acceptors (Lipinski definition) is 5. The largest absolute Gasteiger partial charge is 0.506 e. The molecule has 0 atom stereocenters. The van der Waals surface area contributed by atoms with Crippen LogP contribution in [0.2, 0.25) is 0 Å². The van der Waals surface area contributed by atoms with Gasteiger partial charge in [-0.15, -0.1) is 11.3 Å². The van der Waals surface area contributed by atoms with Crippen molar-refractivity contribution in [3.8, 4) is 16.3 Å². The highest BCUT2D eigenvalue weighted by atomic mass is 32.1. The highest BCUT2D eigenvalue weighted by molar-refractivity contribution is 7.13. The van der Waals surface area contributed by atoms with Crippen molar-refractivity contribution in [2.24, 2.45) is 0 Å². The average molecular weight is 418 g/mol. The normalized spacial score (nSPS) is 11.7. The summed E-state index contributed by atoms with van der Waals surface area (Å²) in [5.74, 6) is -0.895. The number of carbonyl (C=O) groups excluding carboxylic acids is 1. The zero-order chi connectivity index (χ0) is 20.8. The number of carbonyl (C=O) groups is 1. The number of aryl methyl sites for hydroxylation is 1. The van der Waals surface area contributed by atoms with Gasteiger partial charge in [-0.1, -0.05) is 12.1 Å². The van der Waals surface area contributed by atoms with Crippen molar-refractivity contribution in [3.05, 3.63) is 64.8 Å². The van der Waals surface area contributed by atoms with E-state index >= 15 is 0 Å². The molecular weight excluding hydrogens is 405 g/mol. The molecule has 10 heteroatoms. The third-order valence-corrected chi connectivity index (χ3v) is 5.07. The summed E-state index contributed by atoms with van der Waals surface area (Å²) in [5.41, 5.74) is -0.394. The van der Waals surface area contributed by atoms with E-state index in [1.54, 1.807) is 36.6 Å². The number of halogens is 3. The number of aromatic nitrogens is 3. The molecule has 0 aliphatic rings. The Morgan fingerprint density at radius 1 is 1.24 bits per heavy atom. The van der Waals surface area contributed by atoms with Crippen molar-refractivity contribution in [2.75, 3.05) is 5.32 Å². The number of rotatable bonds is 3. The molecule has 0 spiro atoms. The number of thiophene rings is 1. The van der Waals surface area contributed by atoms with Crippen LogP contribution in [0, 0.1) is 6.92 Å². The molecular formula is C19H13F3N4O2S. The summed E-state index contributed by atoms with van der Waals surface area (Å²) in [6, 6.07) is 8.86. The van der Waals surface area contributed by atoms with Crippen molar-refractivity contribution in [3.63, 3.8) is 0 Å². The van der Waals surface area contributed by atoms with Crippen LogP contribution in [0.4, 0.5) is 18.9 Å². The van der Waals surface area contributed by atoms with Crippen LogP contribution in [0.15, 0.2) is 48.0 Å². The molecule has 6 nitrogen and oxygen atoms in total. The SMILES string of the molecule is Cc1ccc(O)c(NC(=O)c2cnn3c(C(F)(F)F)cc(-c4cccs4)nc23)c1. The van der Waals surface area contributed by atoms with E-state index in [0.717, 1.165) is 17.8 Å². The summed E-state index contributed by atoms with van der Waals surface area (Å²) < 4.78 is 41.3. The first kappa shape index (κ1) is 18.9. The third-order valence-electron chi connectivity index (χ3n) is 4.18. The lowest BCUT2D eigenvalue weighted by Crippen LogP contribution is -2.15. The predicted molar refractivity (Wildman–Crippen MR) is 102 cm³/mol. The predicted octanol–water partition coefficient (Wildman–Crippen LogP) is 4.74. The van der Waals surface area contributed by atoms with Gasteiger partial charge in [-0.2, -0.15) is 18.3 Å². The number of nitrogens with zero attached hydrogens (tertiary/aromatic N) is 3. The molecule has 4 aromatic rings. The Hall–Kier alpha value is -3.40. The second-order valence-electron chi connectivity index (χ2n) is 6.27. The van der Waals surface area contributed by atoms with Crippen molar-refractivity contribution < 1.29 is 23.1 Å². The summed E-state index contributed by atoms with van der Waals surface area (Å²) in [4.78, 5) is 17.5. The number of phenolic OH excluding ortho intramolecular Hbond substituents is 1. The summed E-state index contributed by atoms with van der Waals surface area (Å²) >= 11 is 1.23. The molecule has 4 rings (SSSR count). The van der Waals surface area contributed by atoms with Gasteiger partial charge in [0.05, 0.1) is 22.5 Å². The lowest BCUT2D eigenvalue weighted by atomic mass is 10.2. The Bertz CT molecular complexity index is 1220. The molecule has 148 valence electrons. The minimum Gasteiger partial charge on any atom is -0.506 e. The fraction of sp³-hybridized carbons (Fsp3) is 0.105. The summed E-state index contributed by atoms with van der Waals surface area (Å²) in [6.07, 6.45) is -3.67. The monoisotopic (exact) mass is 418 g/mol. The van der Waals surface area contributed by atoms with Crippen LogP contribution in [-0.2, 0) is 6.18 Å². The molecule has 0 saturated carbocycles. The van der Waals surface area contributed by atoms with Gasteiger partial charge in [0.25, 0.3) is 5.91 Å². The number of alkyl halides is 3. The van der Waals surface area contributed by atoms with E-state index in [-0.39, 0.29) is 28.3 Å². The topological polar surface area (TPSA) is 79.5 Å². The molecule has 1 amide bonds. The van der Waals surface area contributed by atoms with Crippen molar-refractivity contribution >= 4 is 28.6 Å². The minimum absolute atomic E-state index is 0.0905. The molecule has 0 radical (unpaired) electrons. The van der Waals surface area contributed by atoms with Crippen LogP contribution in [0.5, 0.6) is 5.75 Å². The number of nitrogens with one attached hydrogen (secondary N) is 1. The Morgan fingerprint density at radius 2 is 2.03 bits per heavy atom. The standard InChI is InChI=1S/C19H13F3N4O2S/c1-10-4-5-14(27)12(7-10)25-18(28)11-9-23-26-16(19(20,21)22)8-13(24-17(11)26)15-3-2-6-29-15/h2-9,27H,1H3,(H,25,28). The van der Waals surface area contributed by atoms with E-state index < -0.39 is 17.8 Å². The van der Waals surface area contributed by atoms with Gasteiger partial charge < -0.3 is 10.4 Å². The molecule has 0 unspecified atom stereocenters. The van der Waals surface area contributed by atoms with Crippen LogP contribution in [-0.4, -0.2) is 25.6 Å². The van der Waals surface area contributed by atoms with Gasteiger partial charge in [0, 0.05) is 0 Å². The van der Waals surface area contributed by atoms with Gasteiger partial charge in [0.15, 0.2) is 11.3 Å². The maximum atomic E-state index is 13.6. The van der Waals surface area contributed by atoms with Crippen molar-refractivity contribution in [1.29, 1.82) is 0 Å². The number of phenols is 1. The summed E-state index contributed by atoms with van der Waals surface area (Å²) in [7, 11) is 0. The number of benzene rings is 1. The highest BCUT2D eigenvalue weighted by Crippen LogP contribution is 2.34. The smallest absolute Gasteiger partial charge is 0.433 e. The molecule has 0 bridgehead atoms. The molecule has 0 fully saturated rings. The first-order valence-corrected chi connectivity index (χ1v) is 9.23. The van der Waals surface area contributed by atoms with Gasteiger partial charge in [0.1, 0.15) is 11.3 Å². The van der Waals surface area contributed by atoms with E-state index in [0.29, 0.717) is 9.39 Å². The zero-order valence-electron chi connectivity index (χ0n) is 14.9. The third kappa shape index (κ3) is 3.54. The summed E-state index contributed by atoms with van der Waals surface area (Å²) in [5, 5.41) is 17.9. The summed E-state index contributed by atoms with van der Waals surface area (Å²) in [6.45, 7) is 1.77. The fourth-order valence-electron chi connectivity index (χ4n) is 2.82. The van der Waals surface area contributed by atoms with E-state index in [1.807, 2.05) is 0 Å². The Balaban J connectivity index is 1.84. The van der Waals surface area contributed by atoms with Gasteiger partial charge >= 0.3 is 6.18 Å². The number of hydrogen-bond donors (Lipinski definition) is 2. The maximum absolute atomic E-state index is 13.6. The molecule has 0 aliphatic carbocycles. The van der Waals surface area contributed by atoms with Crippen molar-refractivity contribution in [2.45, 2.75) is 13.1 Å². The molecule has 0 aliphatic heterocycles. The molecule has 0 saturated heterocycles. The quantitative estimate of drug-likeness (QED) is 0.471. The van der Waals surface area contributed by atoms with E-state index in [1.165, 1.54) is 17.4 Å². The van der Waals surface area contributed by atoms with Crippen LogP contribution in [0.25, 0.3) is 16.2 Å². The Labute approximate surface area is 166 Å². The van der Waals surface area contributed by atoms with Crippen LogP contribution in [0.3, 0.4) is 0 Å². The second-order valence-corrected chi connectivity index (χ2v) is 7.22. The van der Waals surface area contributed by atoms with Crippen LogP contribution in [0.1, 0.15) is 21.6 Å². The molecule has 29 heavy (non-hydrogen) atoms. The fourth-order valence-corrected chi connectivity index (χ4v) is 3.50. The first-order chi connectivity index (χ1) is 13.7. The second kappa shape index (κ2) is 6.89. The number of fused-ring (bicyclic) bond motifs is 1. The minimum atomic E-state index is -4.69. The number of anilines is 1. The molecule has 1 aromatic carbocycles. The van der Waals surface area contributed by atoms with Gasteiger partial charge in [-0.3, -0.25) is 4.79 Å².